The molecule has 0 rings (SSSR count). The minimum atomic E-state index is -4.96. The summed E-state index contributed by atoms with van der Waals surface area (Å²) in [5.74, 6) is -1.34. The molecule has 0 aromatic heterocycles. The number of aliphatic hydroxyl groups excluding tert-OH is 1. The van der Waals surface area contributed by atoms with E-state index in [1.807, 2.05) is 0 Å². The lowest BCUT2D eigenvalue weighted by Gasteiger charge is -2.21. The molecule has 0 aliphatic rings. The van der Waals surface area contributed by atoms with Gasteiger partial charge in [0.1, 0.15) is 19.3 Å². The lowest BCUT2D eigenvalue weighted by molar-refractivity contribution is -0.161. The van der Waals surface area contributed by atoms with E-state index in [0.29, 0.717) is 25.7 Å². The third-order valence-corrected chi connectivity index (χ3v) is 19.2. The highest BCUT2D eigenvalue weighted by atomic mass is 31.2. The first-order chi connectivity index (χ1) is 45.6. The maximum atomic E-state index is 13.1. The summed E-state index contributed by atoms with van der Waals surface area (Å²) in [6.07, 6.45) is 58.8. The van der Waals surface area contributed by atoms with Crippen molar-refractivity contribution >= 4 is 39.5 Å². The summed E-state index contributed by atoms with van der Waals surface area (Å²) in [4.78, 5) is 72.8. The maximum absolute atomic E-state index is 13.1. The second kappa shape index (κ2) is 67.7. The third-order valence-electron chi connectivity index (χ3n) is 17.3. The predicted molar refractivity (Wildman–Crippen MR) is 381 cm³/mol. The molecule has 0 aromatic carbocycles. The van der Waals surface area contributed by atoms with Gasteiger partial charge in [-0.3, -0.25) is 37.3 Å². The van der Waals surface area contributed by atoms with E-state index in [4.69, 9.17) is 37.0 Å². The van der Waals surface area contributed by atoms with Crippen molar-refractivity contribution in [2.24, 2.45) is 5.92 Å². The van der Waals surface area contributed by atoms with Gasteiger partial charge in [0, 0.05) is 25.7 Å². The first-order valence-corrected chi connectivity index (χ1v) is 41.5. The Morgan fingerprint density at radius 2 is 0.596 bits per heavy atom. The van der Waals surface area contributed by atoms with Crippen molar-refractivity contribution in [3.05, 3.63) is 24.3 Å². The molecule has 19 heteroatoms. The number of unbranched alkanes of at least 4 members (excludes halogenated alkanes) is 41. The van der Waals surface area contributed by atoms with Crippen LogP contribution in [0, 0.1) is 5.92 Å². The Morgan fingerprint density at radius 1 is 0.340 bits per heavy atom. The number of rotatable bonds is 73. The van der Waals surface area contributed by atoms with Gasteiger partial charge in [0.25, 0.3) is 0 Å². The number of carbonyl (C=O) groups is 4. The summed E-state index contributed by atoms with van der Waals surface area (Å²) < 4.78 is 68.5. The van der Waals surface area contributed by atoms with Gasteiger partial charge in [-0.05, 0) is 57.3 Å². The molecular formula is C75H142O17P2. The van der Waals surface area contributed by atoms with E-state index in [1.165, 1.54) is 180 Å². The van der Waals surface area contributed by atoms with Gasteiger partial charge in [-0.15, -0.1) is 0 Å². The highest BCUT2D eigenvalue weighted by molar-refractivity contribution is 7.47. The Hall–Kier alpha value is -2.46. The molecule has 3 N–H and O–H groups in total. The van der Waals surface area contributed by atoms with Crippen LogP contribution >= 0.6 is 15.6 Å². The average molecular weight is 1380 g/mol. The van der Waals surface area contributed by atoms with Crippen LogP contribution in [0.3, 0.4) is 0 Å². The van der Waals surface area contributed by atoms with Crippen LogP contribution in [0.25, 0.3) is 0 Å². The minimum Gasteiger partial charge on any atom is -0.462 e. The molecule has 554 valence electrons. The third kappa shape index (κ3) is 66.8. The molecule has 17 nitrogen and oxygen atoms in total. The summed E-state index contributed by atoms with van der Waals surface area (Å²) in [6.45, 7) is 7.25. The van der Waals surface area contributed by atoms with Crippen LogP contribution in [0.15, 0.2) is 24.3 Å². The molecule has 3 unspecified atom stereocenters. The molecule has 94 heavy (non-hydrogen) atoms. The Balaban J connectivity index is 5.30. The van der Waals surface area contributed by atoms with Crippen LogP contribution in [0.5, 0.6) is 0 Å². The Bertz CT molecular complexity index is 1900. The summed E-state index contributed by atoms with van der Waals surface area (Å²) >= 11 is 0. The molecule has 0 aromatic rings. The van der Waals surface area contributed by atoms with Gasteiger partial charge in [-0.1, -0.05) is 316 Å². The van der Waals surface area contributed by atoms with Gasteiger partial charge in [0.15, 0.2) is 12.2 Å². The molecule has 0 saturated heterocycles. The van der Waals surface area contributed by atoms with E-state index in [2.05, 4.69) is 58.9 Å². The number of hydrogen-bond donors (Lipinski definition) is 3. The molecule has 0 amide bonds. The molecule has 0 bridgehead atoms. The fraction of sp³-hybridized carbons (Fsp3) is 0.893. The maximum Gasteiger partial charge on any atom is 0.472 e. The molecule has 0 aliphatic heterocycles. The molecule has 0 radical (unpaired) electrons. The van der Waals surface area contributed by atoms with Crippen LogP contribution in [-0.2, 0) is 65.4 Å². The number of ether oxygens (including phenoxy) is 4. The highest BCUT2D eigenvalue weighted by Gasteiger charge is 2.30. The Morgan fingerprint density at radius 3 is 0.904 bits per heavy atom. The van der Waals surface area contributed by atoms with E-state index in [-0.39, 0.29) is 25.7 Å². The van der Waals surface area contributed by atoms with Gasteiger partial charge in [-0.2, -0.15) is 0 Å². The standard InChI is InChI=1S/C75H142O17P2/c1-6-10-13-16-19-22-25-28-29-31-34-41-46-51-56-61-75(80)92-71(65-86-73(78)59-54-49-44-39-36-35-37-42-47-52-57-68(5)9-4)67-90-94(83,84)88-63-69(76)62-87-93(81,82)89-66-70(64-85-72(77)58-53-48-43-38-32-27-24-21-18-15-12-8-3)91-74(79)60-55-50-45-40-33-30-26-23-20-17-14-11-7-2/h22,25,28-29,68-71,76H,6-21,23-24,26-27,30-67H2,1-5H3,(H,81,82)(H,83,84)/b25-22-,29-28-/t68?,69-,70+,71+/m0/s1. The molecule has 0 aliphatic carbocycles. The van der Waals surface area contributed by atoms with E-state index >= 15 is 0 Å². The topological polar surface area (TPSA) is 237 Å². The van der Waals surface area contributed by atoms with Crippen molar-refractivity contribution in [2.75, 3.05) is 39.6 Å². The molecule has 0 heterocycles. The highest BCUT2D eigenvalue weighted by Crippen LogP contribution is 2.45. The Kier molecular flexibility index (Phi) is 65.9. The van der Waals surface area contributed by atoms with Gasteiger partial charge in [0.2, 0.25) is 0 Å². The largest absolute Gasteiger partial charge is 0.472 e. The van der Waals surface area contributed by atoms with Crippen LogP contribution in [0.2, 0.25) is 0 Å². The van der Waals surface area contributed by atoms with Crippen LogP contribution in [0.4, 0.5) is 0 Å². The monoisotopic (exact) mass is 1380 g/mol. The summed E-state index contributed by atoms with van der Waals surface area (Å²) in [7, 11) is -9.92. The second-order valence-electron chi connectivity index (χ2n) is 26.6. The number of allylic oxidation sites excluding steroid dienone is 4. The number of esters is 4. The fourth-order valence-electron chi connectivity index (χ4n) is 11.0. The van der Waals surface area contributed by atoms with Crippen molar-refractivity contribution in [1.29, 1.82) is 0 Å². The summed E-state index contributed by atoms with van der Waals surface area (Å²) in [5, 5.41) is 10.6. The summed E-state index contributed by atoms with van der Waals surface area (Å²) in [5.41, 5.74) is 0. The normalized spacial score (nSPS) is 14.4. The Labute approximate surface area is 573 Å². The lowest BCUT2D eigenvalue weighted by Crippen LogP contribution is -2.30. The van der Waals surface area contributed by atoms with E-state index in [1.54, 1.807) is 0 Å². The fourth-order valence-corrected chi connectivity index (χ4v) is 12.5. The average Bonchev–Trinajstić information content (AvgIpc) is 3.73. The predicted octanol–water partition coefficient (Wildman–Crippen LogP) is 21.6. The van der Waals surface area contributed by atoms with E-state index < -0.39 is 97.5 Å². The van der Waals surface area contributed by atoms with Gasteiger partial charge in [-0.25, -0.2) is 9.13 Å². The number of phosphoric ester groups is 2. The molecule has 0 spiro atoms. The van der Waals surface area contributed by atoms with E-state index in [9.17, 15) is 43.2 Å². The SMILES string of the molecule is CCCCCC/C=C\C=C/CCCCCCCC(=O)O[C@H](COC(=O)CCCCCCCCCCCCC(C)CC)COP(=O)(O)OC[C@@H](O)COP(=O)(O)OC[C@@H](COC(=O)CCCCCCCCCCCCCC)OC(=O)CCCCCCCCCCCCCCC. The quantitative estimate of drug-likeness (QED) is 0.0169. The zero-order chi connectivity index (χ0) is 69.1. The number of phosphoric acid groups is 2. The molecular weight excluding hydrogens is 1230 g/mol. The lowest BCUT2D eigenvalue weighted by atomic mass is 9.99. The van der Waals surface area contributed by atoms with E-state index in [0.717, 1.165) is 109 Å². The van der Waals surface area contributed by atoms with Crippen molar-refractivity contribution in [3.63, 3.8) is 0 Å². The first-order valence-electron chi connectivity index (χ1n) is 38.5. The molecule has 0 saturated carbocycles. The second-order valence-corrected chi connectivity index (χ2v) is 29.5. The van der Waals surface area contributed by atoms with Crippen molar-refractivity contribution < 1.29 is 80.2 Å². The molecule has 6 atom stereocenters. The van der Waals surface area contributed by atoms with Crippen LogP contribution in [0.1, 0.15) is 369 Å². The van der Waals surface area contributed by atoms with Crippen molar-refractivity contribution in [3.8, 4) is 0 Å². The first kappa shape index (κ1) is 91.5. The van der Waals surface area contributed by atoms with Crippen molar-refractivity contribution in [1.82, 2.24) is 0 Å². The van der Waals surface area contributed by atoms with Crippen LogP contribution < -0.4 is 0 Å². The van der Waals surface area contributed by atoms with Gasteiger partial charge >= 0.3 is 39.5 Å². The summed E-state index contributed by atoms with van der Waals surface area (Å²) in [6, 6.07) is 0. The van der Waals surface area contributed by atoms with Gasteiger partial charge < -0.3 is 33.8 Å². The zero-order valence-electron chi connectivity index (χ0n) is 60.6. The molecule has 0 fully saturated rings. The van der Waals surface area contributed by atoms with Crippen LogP contribution in [-0.4, -0.2) is 96.7 Å². The number of carbonyl (C=O) groups excluding carboxylic acids is 4. The number of aliphatic hydroxyl groups is 1. The number of hydrogen-bond acceptors (Lipinski definition) is 15. The van der Waals surface area contributed by atoms with Crippen molar-refractivity contribution in [2.45, 2.75) is 387 Å². The minimum absolute atomic E-state index is 0.0852. The smallest absolute Gasteiger partial charge is 0.462 e. The van der Waals surface area contributed by atoms with Gasteiger partial charge in [0.05, 0.1) is 26.4 Å². The zero-order valence-corrected chi connectivity index (χ0v) is 62.4.